The number of nitrogens with one attached hydrogen (secondary N) is 1. The number of para-hydroxylation sites is 1. The summed E-state index contributed by atoms with van der Waals surface area (Å²) in [5, 5.41) is 1.07. The number of aromatic amines is 1. The number of fused-ring (bicyclic) bond motifs is 2. The van der Waals surface area contributed by atoms with Gasteiger partial charge in [-0.2, -0.15) is 0 Å². The van der Waals surface area contributed by atoms with Crippen LogP contribution in [-0.4, -0.2) is 59.4 Å². The van der Waals surface area contributed by atoms with E-state index in [-0.39, 0.29) is 24.4 Å². The second-order valence-electron chi connectivity index (χ2n) is 7.21. The zero-order valence-corrected chi connectivity index (χ0v) is 15.4. The van der Waals surface area contributed by atoms with Crippen molar-refractivity contribution in [1.29, 1.82) is 0 Å². The fourth-order valence-electron chi connectivity index (χ4n) is 4.25. The molecule has 142 valence electrons. The summed E-state index contributed by atoms with van der Waals surface area (Å²) in [6.45, 7) is 2.31. The van der Waals surface area contributed by atoms with E-state index < -0.39 is 0 Å². The highest BCUT2D eigenvalue weighted by Crippen LogP contribution is 2.40. The summed E-state index contributed by atoms with van der Waals surface area (Å²) in [5.41, 5.74) is 3.66. The molecule has 0 saturated carbocycles. The fourth-order valence-corrected chi connectivity index (χ4v) is 4.25. The van der Waals surface area contributed by atoms with Gasteiger partial charge in [-0.05, 0) is 17.7 Å². The molecule has 6 nitrogen and oxygen atoms in total. The first-order chi connectivity index (χ1) is 13.7. The van der Waals surface area contributed by atoms with Crippen LogP contribution in [0.5, 0.6) is 0 Å². The number of hydrogen-bond acceptors (Lipinski definition) is 3. The number of hydrogen-bond donors (Lipinski definition) is 1. The average molecular weight is 375 g/mol. The average Bonchev–Trinajstić information content (AvgIpc) is 3.28. The van der Waals surface area contributed by atoms with E-state index in [1.807, 2.05) is 48.7 Å². The molecular formula is C22H21N3O3. The van der Waals surface area contributed by atoms with Gasteiger partial charge in [-0.15, -0.1) is 0 Å². The first-order valence-corrected chi connectivity index (χ1v) is 9.55. The Morgan fingerprint density at radius 1 is 1.04 bits per heavy atom. The minimum Gasteiger partial charge on any atom is -0.378 e. The predicted octanol–water partition coefficient (Wildman–Crippen LogP) is 2.57. The van der Waals surface area contributed by atoms with Crippen LogP contribution < -0.4 is 0 Å². The molecule has 1 N–H and O–H groups in total. The van der Waals surface area contributed by atoms with E-state index in [1.165, 1.54) is 0 Å². The van der Waals surface area contributed by atoms with Crippen LogP contribution in [0.2, 0.25) is 0 Å². The van der Waals surface area contributed by atoms with Gasteiger partial charge in [0, 0.05) is 41.3 Å². The van der Waals surface area contributed by atoms with Crippen molar-refractivity contribution in [3.05, 3.63) is 71.4 Å². The lowest BCUT2D eigenvalue weighted by Crippen LogP contribution is -2.46. The number of benzene rings is 2. The SMILES string of the molecule is O=C(CN1C(=O)c2ccccc2C1c1c[nH]c2ccccc12)N1CCOCC1. The minimum atomic E-state index is -0.273. The van der Waals surface area contributed by atoms with E-state index in [0.717, 1.165) is 22.0 Å². The van der Waals surface area contributed by atoms with Gasteiger partial charge in [0.1, 0.15) is 6.54 Å². The molecule has 6 heteroatoms. The van der Waals surface area contributed by atoms with Crippen LogP contribution in [0.15, 0.2) is 54.7 Å². The second kappa shape index (κ2) is 6.80. The Balaban J connectivity index is 1.55. The Labute approximate surface area is 162 Å². The van der Waals surface area contributed by atoms with Crippen LogP contribution in [-0.2, 0) is 9.53 Å². The maximum Gasteiger partial charge on any atom is 0.255 e. The lowest BCUT2D eigenvalue weighted by molar-refractivity contribution is -0.136. The van der Waals surface area contributed by atoms with Crippen molar-refractivity contribution in [2.75, 3.05) is 32.8 Å². The van der Waals surface area contributed by atoms with Crippen LogP contribution in [0.25, 0.3) is 10.9 Å². The van der Waals surface area contributed by atoms with E-state index in [4.69, 9.17) is 4.74 Å². The number of rotatable bonds is 3. The van der Waals surface area contributed by atoms with Crippen molar-refractivity contribution in [2.45, 2.75) is 6.04 Å². The lowest BCUT2D eigenvalue weighted by Gasteiger charge is -2.31. The smallest absolute Gasteiger partial charge is 0.255 e. The van der Waals surface area contributed by atoms with Crippen molar-refractivity contribution >= 4 is 22.7 Å². The Kier molecular flexibility index (Phi) is 4.13. The summed E-state index contributed by atoms with van der Waals surface area (Å²) >= 11 is 0. The van der Waals surface area contributed by atoms with E-state index in [1.54, 1.807) is 9.80 Å². The molecule has 1 fully saturated rings. The molecule has 2 aliphatic rings. The predicted molar refractivity (Wildman–Crippen MR) is 105 cm³/mol. The molecule has 0 bridgehead atoms. The quantitative estimate of drug-likeness (QED) is 0.765. The fraction of sp³-hybridized carbons (Fsp3) is 0.273. The summed E-state index contributed by atoms with van der Waals surface area (Å²) in [4.78, 5) is 32.9. The topological polar surface area (TPSA) is 65.6 Å². The third kappa shape index (κ3) is 2.68. The van der Waals surface area contributed by atoms with Gasteiger partial charge in [-0.25, -0.2) is 0 Å². The van der Waals surface area contributed by atoms with Gasteiger partial charge in [-0.1, -0.05) is 36.4 Å². The summed E-state index contributed by atoms with van der Waals surface area (Å²) < 4.78 is 5.34. The first kappa shape index (κ1) is 17.0. The van der Waals surface area contributed by atoms with E-state index in [0.29, 0.717) is 31.9 Å². The standard InChI is InChI=1S/C22H21N3O3/c26-20(24-9-11-28-12-10-24)14-25-21(16-6-1-2-7-17(16)22(25)27)18-13-23-19-8-4-3-5-15(18)19/h1-8,13,21,23H,9-12,14H2. The molecule has 2 aliphatic heterocycles. The number of carbonyl (C=O) groups excluding carboxylic acids is 2. The highest BCUT2D eigenvalue weighted by atomic mass is 16.5. The van der Waals surface area contributed by atoms with E-state index in [9.17, 15) is 9.59 Å². The number of ether oxygens (including phenoxy) is 1. The Morgan fingerprint density at radius 3 is 2.64 bits per heavy atom. The third-order valence-corrected chi connectivity index (χ3v) is 5.64. The van der Waals surface area contributed by atoms with Gasteiger partial charge in [0.05, 0.1) is 19.3 Å². The molecule has 28 heavy (non-hydrogen) atoms. The van der Waals surface area contributed by atoms with Crippen LogP contribution in [0, 0.1) is 0 Å². The summed E-state index contributed by atoms with van der Waals surface area (Å²) in [7, 11) is 0. The molecule has 1 atom stereocenters. The van der Waals surface area contributed by atoms with Crippen molar-refractivity contribution < 1.29 is 14.3 Å². The highest BCUT2D eigenvalue weighted by Gasteiger charge is 2.40. The molecule has 5 rings (SSSR count). The first-order valence-electron chi connectivity index (χ1n) is 9.55. The minimum absolute atomic E-state index is 0.0331. The van der Waals surface area contributed by atoms with Gasteiger partial charge >= 0.3 is 0 Å². The van der Waals surface area contributed by atoms with Crippen molar-refractivity contribution in [2.24, 2.45) is 0 Å². The normalized spacial score (nSPS) is 19.3. The lowest BCUT2D eigenvalue weighted by atomic mass is 9.97. The molecule has 1 unspecified atom stereocenters. The maximum absolute atomic E-state index is 13.2. The van der Waals surface area contributed by atoms with Gasteiger partial charge in [-0.3, -0.25) is 9.59 Å². The van der Waals surface area contributed by atoms with E-state index in [2.05, 4.69) is 11.1 Å². The number of nitrogens with zero attached hydrogens (tertiary/aromatic N) is 2. The number of H-pyrrole nitrogens is 1. The highest BCUT2D eigenvalue weighted by molar-refractivity contribution is 6.02. The van der Waals surface area contributed by atoms with Crippen LogP contribution in [0.4, 0.5) is 0 Å². The molecule has 0 radical (unpaired) electrons. The van der Waals surface area contributed by atoms with Crippen LogP contribution in [0.1, 0.15) is 27.5 Å². The molecule has 2 amide bonds. The Morgan fingerprint density at radius 2 is 1.79 bits per heavy atom. The molecule has 1 saturated heterocycles. The zero-order chi connectivity index (χ0) is 19.1. The van der Waals surface area contributed by atoms with Crippen molar-refractivity contribution in [3.8, 4) is 0 Å². The molecular weight excluding hydrogens is 354 g/mol. The molecule has 1 aromatic heterocycles. The van der Waals surface area contributed by atoms with Gasteiger partial charge in [0.25, 0.3) is 5.91 Å². The number of aromatic nitrogens is 1. The molecule has 0 aliphatic carbocycles. The van der Waals surface area contributed by atoms with Crippen molar-refractivity contribution in [3.63, 3.8) is 0 Å². The summed E-state index contributed by atoms with van der Waals surface area (Å²) in [5.74, 6) is -0.123. The Bertz CT molecular complexity index is 1050. The summed E-state index contributed by atoms with van der Waals surface area (Å²) in [6, 6.07) is 15.4. The van der Waals surface area contributed by atoms with Crippen molar-refractivity contribution in [1.82, 2.24) is 14.8 Å². The van der Waals surface area contributed by atoms with E-state index >= 15 is 0 Å². The molecule has 0 spiro atoms. The number of morpholine rings is 1. The number of amides is 2. The summed E-state index contributed by atoms with van der Waals surface area (Å²) in [6.07, 6.45) is 1.96. The molecule has 3 aromatic rings. The van der Waals surface area contributed by atoms with Gasteiger partial charge in [0.2, 0.25) is 5.91 Å². The van der Waals surface area contributed by atoms with Gasteiger partial charge < -0.3 is 19.5 Å². The maximum atomic E-state index is 13.2. The monoisotopic (exact) mass is 375 g/mol. The van der Waals surface area contributed by atoms with Crippen LogP contribution >= 0.6 is 0 Å². The Hall–Kier alpha value is -3.12. The molecule has 3 heterocycles. The van der Waals surface area contributed by atoms with Crippen LogP contribution in [0.3, 0.4) is 0 Å². The third-order valence-electron chi connectivity index (χ3n) is 5.64. The molecule has 2 aromatic carbocycles. The largest absolute Gasteiger partial charge is 0.378 e. The number of carbonyl (C=O) groups is 2. The van der Waals surface area contributed by atoms with Gasteiger partial charge in [0.15, 0.2) is 0 Å². The second-order valence-corrected chi connectivity index (χ2v) is 7.21. The zero-order valence-electron chi connectivity index (χ0n) is 15.4.